The van der Waals surface area contributed by atoms with E-state index in [9.17, 15) is 0 Å². The average molecular weight is 268 g/mol. The van der Waals surface area contributed by atoms with Crippen molar-refractivity contribution in [2.45, 2.75) is 70.9 Å². The topological polar surface area (TPSA) is 38.5 Å². The second-order valence-electron chi connectivity index (χ2n) is 7.12. The SMILES string of the molecule is CC(C)(CN)CCCCN1CCOC2CCCCC21. The highest BCUT2D eigenvalue weighted by Crippen LogP contribution is 2.29. The van der Waals surface area contributed by atoms with Gasteiger partial charge in [-0.25, -0.2) is 0 Å². The smallest absolute Gasteiger partial charge is 0.0730 e. The third kappa shape index (κ3) is 4.44. The molecule has 3 nitrogen and oxygen atoms in total. The molecule has 1 aliphatic heterocycles. The molecule has 2 atom stereocenters. The fourth-order valence-electron chi connectivity index (χ4n) is 3.47. The molecule has 1 saturated carbocycles. The van der Waals surface area contributed by atoms with Gasteiger partial charge in [-0.15, -0.1) is 0 Å². The van der Waals surface area contributed by atoms with E-state index in [-0.39, 0.29) is 0 Å². The van der Waals surface area contributed by atoms with Gasteiger partial charge in [0.1, 0.15) is 0 Å². The summed E-state index contributed by atoms with van der Waals surface area (Å²) in [7, 11) is 0. The molecule has 0 aromatic carbocycles. The summed E-state index contributed by atoms with van der Waals surface area (Å²) in [6.45, 7) is 8.69. The third-order valence-corrected chi connectivity index (χ3v) is 4.95. The number of ether oxygens (including phenoxy) is 1. The summed E-state index contributed by atoms with van der Waals surface area (Å²) in [5.41, 5.74) is 6.11. The average Bonchev–Trinajstić information content (AvgIpc) is 2.44. The van der Waals surface area contributed by atoms with E-state index in [0.29, 0.717) is 17.6 Å². The van der Waals surface area contributed by atoms with Gasteiger partial charge in [0, 0.05) is 12.6 Å². The van der Waals surface area contributed by atoms with Gasteiger partial charge in [0.25, 0.3) is 0 Å². The Morgan fingerprint density at radius 2 is 2.00 bits per heavy atom. The lowest BCUT2D eigenvalue weighted by Crippen LogP contribution is -2.52. The normalized spacial score (nSPS) is 29.2. The van der Waals surface area contributed by atoms with Crippen molar-refractivity contribution in [1.82, 2.24) is 4.90 Å². The molecule has 3 heteroatoms. The Bertz CT molecular complexity index is 265. The van der Waals surface area contributed by atoms with Crippen molar-refractivity contribution in [3.05, 3.63) is 0 Å². The summed E-state index contributed by atoms with van der Waals surface area (Å²) >= 11 is 0. The molecule has 0 spiro atoms. The van der Waals surface area contributed by atoms with Crippen molar-refractivity contribution in [3.8, 4) is 0 Å². The lowest BCUT2D eigenvalue weighted by atomic mass is 9.87. The molecule has 2 rings (SSSR count). The Labute approximate surface area is 118 Å². The first-order valence-corrected chi connectivity index (χ1v) is 8.18. The number of morpholine rings is 1. The van der Waals surface area contributed by atoms with Crippen LogP contribution in [-0.2, 0) is 4.74 Å². The molecule has 0 radical (unpaired) electrons. The fraction of sp³-hybridized carbons (Fsp3) is 1.00. The second-order valence-corrected chi connectivity index (χ2v) is 7.12. The molecule has 1 aliphatic carbocycles. The number of hydrogen-bond donors (Lipinski definition) is 1. The van der Waals surface area contributed by atoms with Crippen LogP contribution in [0.1, 0.15) is 58.8 Å². The molecule has 1 heterocycles. The summed E-state index contributed by atoms with van der Waals surface area (Å²) in [5.74, 6) is 0. The lowest BCUT2D eigenvalue weighted by molar-refractivity contribution is -0.0883. The molecular formula is C16H32N2O. The quantitative estimate of drug-likeness (QED) is 0.753. The van der Waals surface area contributed by atoms with E-state index in [2.05, 4.69) is 18.7 Å². The van der Waals surface area contributed by atoms with Crippen molar-refractivity contribution in [2.24, 2.45) is 11.1 Å². The molecule has 0 bridgehead atoms. The van der Waals surface area contributed by atoms with Crippen LogP contribution >= 0.6 is 0 Å². The van der Waals surface area contributed by atoms with Crippen LogP contribution in [-0.4, -0.2) is 43.3 Å². The van der Waals surface area contributed by atoms with Crippen LogP contribution in [0.3, 0.4) is 0 Å². The first-order chi connectivity index (χ1) is 9.12. The van der Waals surface area contributed by atoms with E-state index < -0.39 is 0 Å². The van der Waals surface area contributed by atoms with Gasteiger partial charge >= 0.3 is 0 Å². The van der Waals surface area contributed by atoms with E-state index in [1.165, 1.54) is 51.5 Å². The zero-order valence-corrected chi connectivity index (χ0v) is 12.9. The Hall–Kier alpha value is -0.120. The molecule has 0 amide bonds. The molecule has 0 aromatic rings. The molecular weight excluding hydrogens is 236 g/mol. The second kappa shape index (κ2) is 7.05. The Balaban J connectivity index is 1.70. The van der Waals surface area contributed by atoms with Gasteiger partial charge in [-0.3, -0.25) is 4.90 Å². The maximum atomic E-state index is 5.93. The standard InChI is InChI=1S/C16H32N2O/c1-16(2,13-17)9-5-6-10-18-11-12-19-15-8-4-3-7-14(15)18/h14-15H,3-13,17H2,1-2H3. The number of rotatable bonds is 6. The maximum Gasteiger partial charge on any atom is 0.0730 e. The van der Waals surface area contributed by atoms with Gasteiger partial charge in [0.05, 0.1) is 12.7 Å². The van der Waals surface area contributed by atoms with Crippen LogP contribution in [0.15, 0.2) is 0 Å². The summed E-state index contributed by atoms with van der Waals surface area (Å²) < 4.78 is 5.93. The molecule has 0 aromatic heterocycles. The van der Waals surface area contributed by atoms with Crippen molar-refractivity contribution in [3.63, 3.8) is 0 Å². The zero-order chi connectivity index (χ0) is 13.7. The van der Waals surface area contributed by atoms with Gasteiger partial charge in [-0.1, -0.05) is 33.1 Å². The highest BCUT2D eigenvalue weighted by Gasteiger charge is 2.33. The van der Waals surface area contributed by atoms with Crippen LogP contribution in [0.5, 0.6) is 0 Å². The largest absolute Gasteiger partial charge is 0.375 e. The summed E-state index contributed by atoms with van der Waals surface area (Å²) in [6.07, 6.45) is 9.78. The molecule has 19 heavy (non-hydrogen) atoms. The molecule has 2 unspecified atom stereocenters. The number of fused-ring (bicyclic) bond motifs is 1. The molecule has 112 valence electrons. The first kappa shape index (κ1) is 15.3. The van der Waals surface area contributed by atoms with Crippen molar-refractivity contribution in [1.29, 1.82) is 0 Å². The highest BCUT2D eigenvalue weighted by molar-refractivity contribution is 4.87. The minimum Gasteiger partial charge on any atom is -0.375 e. The van der Waals surface area contributed by atoms with Crippen LogP contribution in [0.25, 0.3) is 0 Å². The van der Waals surface area contributed by atoms with Gasteiger partial charge in [-0.2, -0.15) is 0 Å². The zero-order valence-electron chi connectivity index (χ0n) is 12.9. The highest BCUT2D eigenvalue weighted by atomic mass is 16.5. The van der Waals surface area contributed by atoms with E-state index in [0.717, 1.165) is 19.7 Å². The number of hydrogen-bond acceptors (Lipinski definition) is 3. The minimum absolute atomic E-state index is 0.318. The summed E-state index contributed by atoms with van der Waals surface area (Å²) in [6, 6.07) is 0.713. The molecule has 1 saturated heterocycles. The van der Waals surface area contributed by atoms with Gasteiger partial charge < -0.3 is 10.5 Å². The Kier molecular flexibility index (Phi) is 5.67. The fourth-order valence-corrected chi connectivity index (χ4v) is 3.47. The van der Waals surface area contributed by atoms with E-state index in [4.69, 9.17) is 10.5 Å². The van der Waals surface area contributed by atoms with Crippen molar-refractivity contribution >= 4 is 0 Å². The van der Waals surface area contributed by atoms with E-state index >= 15 is 0 Å². The van der Waals surface area contributed by atoms with Gasteiger partial charge in [0.2, 0.25) is 0 Å². The predicted octanol–water partition coefficient (Wildman–Crippen LogP) is 2.79. The Morgan fingerprint density at radius 1 is 1.21 bits per heavy atom. The summed E-state index contributed by atoms with van der Waals surface area (Å²) in [5, 5.41) is 0. The minimum atomic E-state index is 0.318. The van der Waals surface area contributed by atoms with E-state index in [1.54, 1.807) is 0 Å². The van der Waals surface area contributed by atoms with Crippen molar-refractivity contribution < 1.29 is 4.74 Å². The third-order valence-electron chi connectivity index (χ3n) is 4.95. The van der Waals surface area contributed by atoms with Crippen molar-refractivity contribution in [2.75, 3.05) is 26.2 Å². The van der Waals surface area contributed by atoms with Crippen LogP contribution in [0.2, 0.25) is 0 Å². The predicted molar refractivity (Wildman–Crippen MR) is 80.3 cm³/mol. The summed E-state index contributed by atoms with van der Waals surface area (Å²) in [4.78, 5) is 2.70. The van der Waals surface area contributed by atoms with E-state index in [1.807, 2.05) is 0 Å². The van der Waals surface area contributed by atoms with Gasteiger partial charge in [-0.05, 0) is 44.2 Å². The number of unbranched alkanes of at least 4 members (excludes halogenated alkanes) is 1. The monoisotopic (exact) mass is 268 g/mol. The van der Waals surface area contributed by atoms with Crippen LogP contribution in [0, 0.1) is 5.41 Å². The number of nitrogens with zero attached hydrogens (tertiary/aromatic N) is 1. The Morgan fingerprint density at radius 3 is 2.79 bits per heavy atom. The van der Waals surface area contributed by atoms with Crippen LogP contribution < -0.4 is 5.73 Å². The number of nitrogens with two attached hydrogens (primary N) is 1. The first-order valence-electron chi connectivity index (χ1n) is 8.18. The van der Waals surface area contributed by atoms with Crippen LogP contribution in [0.4, 0.5) is 0 Å². The van der Waals surface area contributed by atoms with Gasteiger partial charge in [0.15, 0.2) is 0 Å². The lowest BCUT2D eigenvalue weighted by Gasteiger charge is -2.44. The molecule has 2 N–H and O–H groups in total. The molecule has 2 fully saturated rings. The molecule has 2 aliphatic rings. The maximum absolute atomic E-state index is 5.93.